The van der Waals surface area contributed by atoms with E-state index >= 15 is 0 Å². The maximum atomic E-state index is 13.0. The third kappa shape index (κ3) is 2.92. The largest absolute Gasteiger partial charge is 0.338 e. The van der Waals surface area contributed by atoms with E-state index in [0.717, 1.165) is 29.1 Å². The summed E-state index contributed by atoms with van der Waals surface area (Å²) < 4.78 is 4.38. The summed E-state index contributed by atoms with van der Waals surface area (Å²) >= 11 is 0. The first-order chi connectivity index (χ1) is 14.6. The fourth-order valence-electron chi connectivity index (χ4n) is 4.40. The highest BCUT2D eigenvalue weighted by atomic mass is 16.2. The van der Waals surface area contributed by atoms with E-state index in [9.17, 15) is 4.79 Å². The molecule has 0 fully saturated rings. The second kappa shape index (κ2) is 7.15. The molecule has 0 spiro atoms. The number of nitrogens with two attached hydrogens (primary N) is 1. The zero-order valence-electron chi connectivity index (χ0n) is 17.2. The summed E-state index contributed by atoms with van der Waals surface area (Å²) in [6.07, 6.45) is 3.90. The molecule has 1 aliphatic heterocycles. The lowest BCUT2D eigenvalue weighted by molar-refractivity contribution is 0.0764. The summed E-state index contributed by atoms with van der Waals surface area (Å²) in [6, 6.07) is 16.2. The van der Waals surface area contributed by atoms with Crippen LogP contribution in [0.4, 0.5) is 0 Å². The number of carbonyl (C=O) groups excluding carboxylic acids is 1. The molecular formula is C24H25N5O. The highest BCUT2D eigenvalue weighted by Crippen LogP contribution is 2.30. The van der Waals surface area contributed by atoms with E-state index in [1.54, 1.807) is 4.90 Å². The number of hydrogen-bond donors (Lipinski definition) is 1. The van der Waals surface area contributed by atoms with E-state index in [1.165, 1.54) is 10.9 Å². The van der Waals surface area contributed by atoms with Crippen molar-refractivity contribution in [3.63, 3.8) is 0 Å². The molecule has 6 nitrogen and oxygen atoms in total. The van der Waals surface area contributed by atoms with Gasteiger partial charge in [-0.1, -0.05) is 30.4 Å². The molecule has 1 unspecified atom stereocenters. The van der Waals surface area contributed by atoms with Gasteiger partial charge in [-0.15, -0.1) is 0 Å². The molecule has 0 radical (unpaired) electrons. The maximum absolute atomic E-state index is 13.0. The number of aryl methyl sites for hydroxylation is 2. The second-order valence-corrected chi connectivity index (χ2v) is 7.83. The van der Waals surface area contributed by atoms with Crippen LogP contribution in [-0.4, -0.2) is 44.1 Å². The Morgan fingerprint density at radius 2 is 2.00 bits per heavy atom. The Balaban J connectivity index is 1.58. The zero-order chi connectivity index (χ0) is 20.8. The monoisotopic (exact) mass is 399 g/mol. The van der Waals surface area contributed by atoms with Crippen LogP contribution in [0.15, 0.2) is 60.7 Å². The predicted molar refractivity (Wildman–Crippen MR) is 120 cm³/mol. The molecule has 30 heavy (non-hydrogen) atoms. The summed E-state index contributed by atoms with van der Waals surface area (Å²) in [6.45, 7) is 4.14. The number of carbonyl (C=O) groups is 1. The van der Waals surface area contributed by atoms with Gasteiger partial charge in [-0.2, -0.15) is 0 Å². The van der Waals surface area contributed by atoms with E-state index in [4.69, 9.17) is 10.7 Å². The van der Waals surface area contributed by atoms with Crippen LogP contribution in [0.5, 0.6) is 0 Å². The van der Waals surface area contributed by atoms with Crippen LogP contribution >= 0.6 is 0 Å². The van der Waals surface area contributed by atoms with Gasteiger partial charge in [0.05, 0.1) is 16.7 Å². The fourth-order valence-corrected chi connectivity index (χ4v) is 4.40. The number of benzene rings is 2. The summed E-state index contributed by atoms with van der Waals surface area (Å²) in [5, 5.41) is 1.20. The molecule has 3 heterocycles. The summed E-state index contributed by atoms with van der Waals surface area (Å²) in [7, 11) is 2.03. The van der Waals surface area contributed by atoms with Crippen molar-refractivity contribution in [2.24, 2.45) is 12.8 Å². The molecule has 1 amide bonds. The minimum atomic E-state index is -0.108. The van der Waals surface area contributed by atoms with Crippen molar-refractivity contribution in [2.45, 2.75) is 19.5 Å². The van der Waals surface area contributed by atoms with Crippen LogP contribution in [-0.2, 0) is 13.6 Å². The number of fused-ring (bicyclic) bond motifs is 2. The number of amides is 1. The molecule has 6 heteroatoms. The molecule has 0 aliphatic carbocycles. The molecule has 0 saturated heterocycles. The third-order valence-electron chi connectivity index (χ3n) is 5.91. The molecule has 0 bridgehead atoms. The van der Waals surface area contributed by atoms with E-state index in [2.05, 4.69) is 46.4 Å². The standard InChI is InChI=1S/C24H25N5O/c1-3-29-20-9-5-4-7-16(20)14-22(29)23-26-19-13-17(10-11-21(19)27(23)2)24(30)28-12-6-8-18(25)15-28/h4-11,13-14,18H,3,12,15,25H2,1-2H3. The fraction of sp³-hybridized carbons (Fsp3) is 0.250. The Morgan fingerprint density at radius 1 is 1.17 bits per heavy atom. The van der Waals surface area contributed by atoms with Gasteiger partial charge in [0, 0.05) is 49.2 Å². The normalized spacial score (nSPS) is 16.6. The maximum Gasteiger partial charge on any atom is 0.254 e. The zero-order valence-corrected chi connectivity index (χ0v) is 17.2. The van der Waals surface area contributed by atoms with Crippen LogP contribution in [0.2, 0.25) is 0 Å². The average molecular weight is 399 g/mol. The number of hydrogen-bond acceptors (Lipinski definition) is 3. The van der Waals surface area contributed by atoms with E-state index in [1.807, 2.05) is 37.4 Å². The molecule has 152 valence electrons. The SMILES string of the molecule is CCn1c(-c2nc3cc(C(=O)N4CC=CC(N)C4)ccc3n2C)cc2ccccc21. The van der Waals surface area contributed by atoms with Crippen LogP contribution in [0.25, 0.3) is 33.5 Å². The lowest BCUT2D eigenvalue weighted by atomic mass is 10.1. The molecule has 2 N–H and O–H groups in total. The van der Waals surface area contributed by atoms with Gasteiger partial charge in [0.1, 0.15) is 0 Å². The molecule has 4 aromatic rings. The van der Waals surface area contributed by atoms with Gasteiger partial charge in [-0.05, 0) is 37.3 Å². The average Bonchev–Trinajstić information content (AvgIpc) is 3.30. The number of aromatic nitrogens is 3. The lowest BCUT2D eigenvalue weighted by Crippen LogP contribution is -2.43. The lowest BCUT2D eigenvalue weighted by Gasteiger charge is -2.27. The number of nitrogens with zero attached hydrogens (tertiary/aromatic N) is 4. The van der Waals surface area contributed by atoms with E-state index in [-0.39, 0.29) is 11.9 Å². The Bertz CT molecular complexity index is 1300. The van der Waals surface area contributed by atoms with Crippen LogP contribution < -0.4 is 5.73 Å². The minimum absolute atomic E-state index is 0.00780. The third-order valence-corrected chi connectivity index (χ3v) is 5.91. The van der Waals surface area contributed by atoms with Gasteiger partial charge >= 0.3 is 0 Å². The van der Waals surface area contributed by atoms with Gasteiger partial charge in [-0.25, -0.2) is 4.98 Å². The Labute approximate surface area is 175 Å². The van der Waals surface area contributed by atoms with Crippen molar-refractivity contribution in [3.8, 4) is 11.5 Å². The highest BCUT2D eigenvalue weighted by Gasteiger charge is 2.21. The molecular weight excluding hydrogens is 374 g/mol. The molecule has 0 saturated carbocycles. The van der Waals surface area contributed by atoms with Crippen molar-refractivity contribution < 1.29 is 4.79 Å². The molecule has 2 aromatic heterocycles. The van der Waals surface area contributed by atoms with Crippen LogP contribution in [0.3, 0.4) is 0 Å². The van der Waals surface area contributed by atoms with Gasteiger partial charge in [0.25, 0.3) is 5.91 Å². The van der Waals surface area contributed by atoms with Gasteiger partial charge in [0.2, 0.25) is 0 Å². The van der Waals surface area contributed by atoms with Gasteiger partial charge < -0.3 is 19.8 Å². The van der Waals surface area contributed by atoms with Crippen LogP contribution in [0, 0.1) is 0 Å². The molecule has 2 aromatic carbocycles. The Kier molecular flexibility index (Phi) is 4.44. The first-order valence-electron chi connectivity index (χ1n) is 10.3. The first kappa shape index (κ1) is 18.6. The Hall–Kier alpha value is -3.38. The Morgan fingerprint density at radius 3 is 2.80 bits per heavy atom. The van der Waals surface area contributed by atoms with Crippen molar-refractivity contribution in [3.05, 3.63) is 66.2 Å². The van der Waals surface area contributed by atoms with Crippen molar-refractivity contribution in [1.82, 2.24) is 19.0 Å². The van der Waals surface area contributed by atoms with E-state index < -0.39 is 0 Å². The minimum Gasteiger partial charge on any atom is -0.338 e. The molecule has 1 atom stereocenters. The smallest absolute Gasteiger partial charge is 0.254 e. The number of imidazole rings is 1. The van der Waals surface area contributed by atoms with Gasteiger partial charge in [-0.3, -0.25) is 4.79 Å². The summed E-state index contributed by atoms with van der Waals surface area (Å²) in [5.74, 6) is 0.891. The predicted octanol–water partition coefficient (Wildman–Crippen LogP) is 3.55. The molecule has 5 rings (SSSR count). The van der Waals surface area contributed by atoms with Crippen molar-refractivity contribution >= 4 is 27.8 Å². The van der Waals surface area contributed by atoms with E-state index in [0.29, 0.717) is 18.7 Å². The highest BCUT2D eigenvalue weighted by molar-refractivity contribution is 5.98. The number of rotatable bonds is 3. The summed E-state index contributed by atoms with van der Waals surface area (Å²) in [4.78, 5) is 19.7. The topological polar surface area (TPSA) is 69.1 Å². The van der Waals surface area contributed by atoms with Crippen LogP contribution in [0.1, 0.15) is 17.3 Å². The van der Waals surface area contributed by atoms with Gasteiger partial charge in [0.15, 0.2) is 5.82 Å². The summed E-state index contributed by atoms with van der Waals surface area (Å²) in [5.41, 5.74) is 10.7. The number of para-hydroxylation sites is 1. The second-order valence-electron chi connectivity index (χ2n) is 7.83. The molecule has 1 aliphatic rings. The quantitative estimate of drug-likeness (QED) is 0.536. The first-order valence-corrected chi connectivity index (χ1v) is 10.3. The van der Waals surface area contributed by atoms with Crippen molar-refractivity contribution in [1.29, 1.82) is 0 Å². The van der Waals surface area contributed by atoms with Crippen molar-refractivity contribution in [2.75, 3.05) is 13.1 Å².